The second-order valence-electron chi connectivity index (χ2n) is 4.44. The van der Waals surface area contributed by atoms with Crippen molar-refractivity contribution < 1.29 is 0 Å². The Morgan fingerprint density at radius 1 is 1.06 bits per heavy atom. The van der Waals surface area contributed by atoms with Crippen molar-refractivity contribution in [3.63, 3.8) is 0 Å². The summed E-state index contributed by atoms with van der Waals surface area (Å²) >= 11 is 3.59. The molecule has 0 radical (unpaired) electrons. The molecule has 2 rings (SSSR count). The zero-order valence-corrected chi connectivity index (χ0v) is 12.4. The highest BCUT2D eigenvalue weighted by molar-refractivity contribution is 9.10. The van der Waals surface area contributed by atoms with Crippen LogP contribution in [-0.2, 0) is 6.42 Å². The Labute approximate surface area is 117 Å². The Morgan fingerprint density at radius 3 is 2.33 bits per heavy atom. The van der Waals surface area contributed by atoms with E-state index in [0.717, 1.165) is 16.6 Å². The van der Waals surface area contributed by atoms with Gasteiger partial charge in [-0.25, -0.2) is 0 Å². The molecular weight excluding hydrogens is 286 g/mol. The van der Waals surface area contributed by atoms with E-state index >= 15 is 0 Å². The summed E-state index contributed by atoms with van der Waals surface area (Å²) in [4.78, 5) is 0. The summed E-state index contributed by atoms with van der Waals surface area (Å²) in [6, 6.07) is 17.3. The lowest BCUT2D eigenvalue weighted by molar-refractivity contribution is 0.878. The third kappa shape index (κ3) is 3.14. The van der Waals surface area contributed by atoms with Crippen molar-refractivity contribution >= 4 is 21.6 Å². The molecule has 1 N–H and O–H groups in total. The minimum atomic E-state index is 0.285. The Hall–Kier alpha value is -1.28. The summed E-state index contributed by atoms with van der Waals surface area (Å²) in [7, 11) is 0. The number of halogens is 1. The summed E-state index contributed by atoms with van der Waals surface area (Å²) < 4.78 is 1.15. The average Bonchev–Trinajstić information content (AvgIpc) is 2.40. The van der Waals surface area contributed by atoms with E-state index in [9.17, 15) is 0 Å². The lowest BCUT2D eigenvalue weighted by Gasteiger charge is -2.17. The minimum absolute atomic E-state index is 0.285. The van der Waals surface area contributed by atoms with Crippen molar-refractivity contribution in [1.82, 2.24) is 0 Å². The summed E-state index contributed by atoms with van der Waals surface area (Å²) in [5.74, 6) is 0. The molecule has 0 saturated heterocycles. The molecule has 0 aliphatic rings. The maximum absolute atomic E-state index is 3.59. The van der Waals surface area contributed by atoms with Crippen LogP contribution >= 0.6 is 15.9 Å². The highest BCUT2D eigenvalue weighted by Gasteiger charge is 2.08. The molecule has 0 aliphatic heterocycles. The van der Waals surface area contributed by atoms with Gasteiger partial charge < -0.3 is 5.32 Å². The zero-order chi connectivity index (χ0) is 13.0. The van der Waals surface area contributed by atoms with Gasteiger partial charge in [-0.15, -0.1) is 0 Å². The van der Waals surface area contributed by atoms with E-state index in [1.807, 2.05) is 6.07 Å². The van der Waals surface area contributed by atoms with Crippen LogP contribution < -0.4 is 5.32 Å². The van der Waals surface area contributed by atoms with Crippen LogP contribution in [0.4, 0.5) is 5.69 Å². The van der Waals surface area contributed by atoms with Gasteiger partial charge in [0.15, 0.2) is 0 Å². The summed E-state index contributed by atoms with van der Waals surface area (Å²) in [6.45, 7) is 4.35. The number of nitrogens with one attached hydrogen (secondary N) is 1. The maximum Gasteiger partial charge on any atom is 0.0496 e. The molecule has 0 spiro atoms. The largest absolute Gasteiger partial charge is 0.378 e. The molecular formula is C16H18BrN. The van der Waals surface area contributed by atoms with Gasteiger partial charge in [-0.2, -0.15) is 0 Å². The molecule has 0 amide bonds. The van der Waals surface area contributed by atoms with Crippen molar-refractivity contribution in [2.75, 3.05) is 5.32 Å². The fraction of sp³-hybridized carbons (Fsp3) is 0.250. The van der Waals surface area contributed by atoms with E-state index < -0.39 is 0 Å². The van der Waals surface area contributed by atoms with Crippen molar-refractivity contribution in [2.24, 2.45) is 0 Å². The van der Waals surface area contributed by atoms with E-state index in [-0.39, 0.29) is 6.04 Å². The molecule has 0 heterocycles. The fourth-order valence-electron chi connectivity index (χ4n) is 1.99. The van der Waals surface area contributed by atoms with Crippen LogP contribution in [-0.4, -0.2) is 0 Å². The molecule has 0 saturated carbocycles. The lowest BCUT2D eigenvalue weighted by atomic mass is 10.1. The van der Waals surface area contributed by atoms with Gasteiger partial charge in [-0.1, -0.05) is 53.2 Å². The fourth-order valence-corrected chi connectivity index (χ4v) is 2.62. The van der Waals surface area contributed by atoms with Gasteiger partial charge in [-0.3, -0.25) is 0 Å². The van der Waals surface area contributed by atoms with E-state index in [2.05, 4.69) is 77.6 Å². The minimum Gasteiger partial charge on any atom is -0.378 e. The molecule has 2 heteroatoms. The van der Waals surface area contributed by atoms with Gasteiger partial charge in [0.25, 0.3) is 0 Å². The first-order chi connectivity index (χ1) is 8.70. The second-order valence-corrected chi connectivity index (χ2v) is 5.29. The van der Waals surface area contributed by atoms with Gasteiger partial charge in [0, 0.05) is 16.2 Å². The predicted octanol–water partition coefficient (Wildman–Crippen LogP) is 5.18. The normalized spacial score (nSPS) is 12.2. The monoisotopic (exact) mass is 303 g/mol. The van der Waals surface area contributed by atoms with E-state index in [0.29, 0.717) is 0 Å². The Balaban J connectivity index is 2.11. The SMILES string of the molecule is CCc1ccc(NC(C)c2ccccc2Br)cc1. The molecule has 2 aromatic rings. The van der Waals surface area contributed by atoms with Crippen molar-refractivity contribution in [3.05, 3.63) is 64.1 Å². The first-order valence-corrected chi connectivity index (χ1v) is 7.10. The Kier molecular flexibility index (Phi) is 4.43. The van der Waals surface area contributed by atoms with Crippen molar-refractivity contribution in [2.45, 2.75) is 26.3 Å². The first kappa shape index (κ1) is 13.2. The molecule has 0 fully saturated rings. The highest BCUT2D eigenvalue weighted by atomic mass is 79.9. The van der Waals surface area contributed by atoms with Crippen LogP contribution in [0.15, 0.2) is 53.0 Å². The van der Waals surface area contributed by atoms with E-state index in [1.54, 1.807) is 0 Å². The van der Waals surface area contributed by atoms with Gasteiger partial charge in [0.1, 0.15) is 0 Å². The van der Waals surface area contributed by atoms with Gasteiger partial charge in [0.2, 0.25) is 0 Å². The third-order valence-corrected chi connectivity index (χ3v) is 3.84. The number of hydrogen-bond acceptors (Lipinski definition) is 1. The van der Waals surface area contributed by atoms with E-state index in [4.69, 9.17) is 0 Å². The number of rotatable bonds is 4. The van der Waals surface area contributed by atoms with Crippen LogP contribution in [0.5, 0.6) is 0 Å². The third-order valence-electron chi connectivity index (χ3n) is 3.12. The molecule has 1 atom stereocenters. The van der Waals surface area contributed by atoms with Crippen LogP contribution in [0.3, 0.4) is 0 Å². The second kappa shape index (κ2) is 6.05. The van der Waals surface area contributed by atoms with Gasteiger partial charge >= 0.3 is 0 Å². The van der Waals surface area contributed by atoms with Gasteiger partial charge in [0.05, 0.1) is 0 Å². The number of benzene rings is 2. The smallest absolute Gasteiger partial charge is 0.0496 e. The quantitative estimate of drug-likeness (QED) is 0.820. The number of anilines is 1. The summed E-state index contributed by atoms with van der Waals surface area (Å²) in [6.07, 6.45) is 1.08. The Morgan fingerprint density at radius 2 is 1.72 bits per heavy atom. The average molecular weight is 304 g/mol. The van der Waals surface area contributed by atoms with Crippen LogP contribution in [0.25, 0.3) is 0 Å². The van der Waals surface area contributed by atoms with Crippen LogP contribution in [0.2, 0.25) is 0 Å². The number of aryl methyl sites for hydroxylation is 1. The van der Waals surface area contributed by atoms with Crippen molar-refractivity contribution in [3.8, 4) is 0 Å². The number of hydrogen-bond donors (Lipinski definition) is 1. The summed E-state index contributed by atoms with van der Waals surface area (Å²) in [5, 5.41) is 3.52. The maximum atomic E-state index is 3.59. The molecule has 1 unspecified atom stereocenters. The molecule has 94 valence electrons. The topological polar surface area (TPSA) is 12.0 Å². The van der Waals surface area contributed by atoms with Crippen LogP contribution in [0.1, 0.15) is 31.0 Å². The van der Waals surface area contributed by atoms with Crippen molar-refractivity contribution in [1.29, 1.82) is 0 Å². The summed E-state index contributed by atoms with van der Waals surface area (Å²) in [5.41, 5.74) is 3.81. The van der Waals surface area contributed by atoms with E-state index in [1.165, 1.54) is 11.1 Å². The molecule has 0 bridgehead atoms. The zero-order valence-electron chi connectivity index (χ0n) is 10.8. The molecule has 1 nitrogen and oxygen atoms in total. The molecule has 0 aromatic heterocycles. The standard InChI is InChI=1S/C16H18BrN/c1-3-13-8-10-14(11-9-13)18-12(2)15-6-4-5-7-16(15)17/h4-12,18H,3H2,1-2H3. The first-order valence-electron chi connectivity index (χ1n) is 6.30. The highest BCUT2D eigenvalue weighted by Crippen LogP contribution is 2.26. The van der Waals surface area contributed by atoms with Gasteiger partial charge in [-0.05, 0) is 42.7 Å². The molecule has 0 aliphatic carbocycles. The molecule has 2 aromatic carbocycles. The predicted molar refractivity (Wildman–Crippen MR) is 82.0 cm³/mol. The Bertz CT molecular complexity index is 505. The van der Waals surface area contributed by atoms with Crippen LogP contribution in [0, 0.1) is 0 Å². The molecule has 18 heavy (non-hydrogen) atoms. The lowest BCUT2D eigenvalue weighted by Crippen LogP contribution is -2.07.